The largest absolute Gasteiger partial charge is 0.374 e. The van der Waals surface area contributed by atoms with Crippen LogP contribution in [0.3, 0.4) is 0 Å². The molecule has 3 heteroatoms. The number of rotatable bonds is 6. The van der Waals surface area contributed by atoms with Crippen molar-refractivity contribution >= 4 is 6.41 Å². The summed E-state index contributed by atoms with van der Waals surface area (Å²) in [5.74, 6) is 0. The zero-order valence-corrected chi connectivity index (χ0v) is 12.7. The average molecular weight is 282 g/mol. The molecule has 21 heavy (non-hydrogen) atoms. The van der Waals surface area contributed by atoms with Crippen molar-refractivity contribution < 1.29 is 4.79 Å². The van der Waals surface area contributed by atoms with Gasteiger partial charge in [0.05, 0.1) is 13.1 Å². The van der Waals surface area contributed by atoms with Crippen LogP contribution in [0.5, 0.6) is 0 Å². The monoisotopic (exact) mass is 282 g/mol. The minimum Gasteiger partial charge on any atom is -0.374 e. The number of hydrogen-bond donors (Lipinski definition) is 0. The van der Waals surface area contributed by atoms with Gasteiger partial charge >= 0.3 is 0 Å². The first-order valence-corrected chi connectivity index (χ1v) is 7.28. The van der Waals surface area contributed by atoms with Gasteiger partial charge in [-0.25, -0.2) is 0 Å². The van der Waals surface area contributed by atoms with Crippen molar-refractivity contribution in [3.05, 3.63) is 71.6 Å². The van der Waals surface area contributed by atoms with E-state index in [0.29, 0.717) is 6.54 Å². The normalized spacial score (nSPS) is 14.9. The van der Waals surface area contributed by atoms with E-state index >= 15 is 0 Å². The third-order valence-corrected chi connectivity index (χ3v) is 3.35. The van der Waals surface area contributed by atoms with Crippen LogP contribution < -0.4 is 0 Å². The fraction of sp³-hybridized carbons (Fsp3) is 0.278. The number of likely N-dealkylation sites (N-methyl/N-ethyl adjacent to an activating group) is 1. The Morgan fingerprint density at radius 1 is 1.29 bits per heavy atom. The van der Waals surface area contributed by atoms with Gasteiger partial charge in [-0.2, -0.15) is 0 Å². The Morgan fingerprint density at radius 2 is 2.05 bits per heavy atom. The summed E-state index contributed by atoms with van der Waals surface area (Å²) in [4.78, 5) is 15.3. The lowest BCUT2D eigenvalue weighted by Gasteiger charge is -2.28. The van der Waals surface area contributed by atoms with Crippen molar-refractivity contribution in [2.75, 3.05) is 13.6 Å². The molecule has 110 valence electrons. The molecule has 2 rings (SSSR count). The first kappa shape index (κ1) is 15.1. The van der Waals surface area contributed by atoms with Gasteiger partial charge in [0.1, 0.15) is 0 Å². The van der Waals surface area contributed by atoms with Crippen molar-refractivity contribution in [2.24, 2.45) is 0 Å². The number of carbonyl (C=O) groups is 1. The summed E-state index contributed by atoms with van der Waals surface area (Å²) in [5, 5.41) is 0. The highest BCUT2D eigenvalue weighted by atomic mass is 16.1. The number of benzene rings is 1. The Morgan fingerprint density at radius 3 is 2.71 bits per heavy atom. The van der Waals surface area contributed by atoms with E-state index in [4.69, 9.17) is 0 Å². The third-order valence-electron chi connectivity index (χ3n) is 3.35. The summed E-state index contributed by atoms with van der Waals surface area (Å²) >= 11 is 0. The highest BCUT2D eigenvalue weighted by Gasteiger charge is 2.14. The predicted molar refractivity (Wildman–Crippen MR) is 86.3 cm³/mol. The fourth-order valence-corrected chi connectivity index (χ4v) is 2.34. The summed E-state index contributed by atoms with van der Waals surface area (Å²) < 4.78 is 0. The van der Waals surface area contributed by atoms with Gasteiger partial charge in [0.15, 0.2) is 0 Å². The molecule has 1 aliphatic rings. The lowest BCUT2D eigenvalue weighted by atomic mass is 10.1. The van der Waals surface area contributed by atoms with Crippen LogP contribution in [0.1, 0.15) is 18.9 Å². The maximum Gasteiger partial charge on any atom is 0.214 e. The van der Waals surface area contributed by atoms with Gasteiger partial charge in [-0.15, -0.1) is 0 Å². The van der Waals surface area contributed by atoms with Gasteiger partial charge in [-0.1, -0.05) is 49.4 Å². The minimum atomic E-state index is 0.606. The molecule has 0 atom stereocenters. The Balaban J connectivity index is 2.17. The molecular weight excluding hydrogens is 260 g/mol. The second-order valence-electron chi connectivity index (χ2n) is 5.21. The molecule has 0 saturated carbocycles. The van der Waals surface area contributed by atoms with Crippen LogP contribution in [-0.2, 0) is 11.3 Å². The summed E-state index contributed by atoms with van der Waals surface area (Å²) in [5.41, 5.74) is 3.28. The van der Waals surface area contributed by atoms with Gasteiger partial charge in [-0.3, -0.25) is 4.79 Å². The molecule has 1 heterocycles. The number of carbonyl (C=O) groups excluding carboxylic acids is 1. The van der Waals surface area contributed by atoms with Crippen molar-refractivity contribution in [1.82, 2.24) is 9.80 Å². The van der Waals surface area contributed by atoms with Crippen LogP contribution in [0.2, 0.25) is 0 Å². The second-order valence-corrected chi connectivity index (χ2v) is 5.21. The molecule has 0 bridgehead atoms. The Bertz CT molecular complexity index is 558. The molecule has 0 aromatic heterocycles. The quantitative estimate of drug-likeness (QED) is 0.747. The Kier molecular flexibility index (Phi) is 5.38. The standard InChI is InChI=1S/C18H22N2O/c1-3-4-8-17-11-18(14-19(2)12-17)20(15-21)13-16-9-6-5-7-10-16/h4-12,15H,3,13-14H2,1-2H3/b8-4+. The van der Waals surface area contributed by atoms with E-state index in [-0.39, 0.29) is 0 Å². The lowest BCUT2D eigenvalue weighted by Crippen LogP contribution is -2.30. The van der Waals surface area contributed by atoms with Gasteiger partial charge in [0, 0.05) is 18.9 Å². The number of amides is 1. The van der Waals surface area contributed by atoms with Crippen LogP contribution in [-0.4, -0.2) is 29.8 Å². The molecule has 1 amide bonds. The van der Waals surface area contributed by atoms with E-state index in [1.54, 1.807) is 4.90 Å². The van der Waals surface area contributed by atoms with E-state index < -0.39 is 0 Å². The van der Waals surface area contributed by atoms with Crippen molar-refractivity contribution in [1.29, 1.82) is 0 Å². The Hall–Kier alpha value is -2.29. The highest BCUT2D eigenvalue weighted by Crippen LogP contribution is 2.18. The predicted octanol–water partition coefficient (Wildman–Crippen LogP) is 3.32. The molecule has 0 fully saturated rings. The van der Waals surface area contributed by atoms with E-state index in [1.807, 2.05) is 37.4 Å². The van der Waals surface area contributed by atoms with E-state index in [1.165, 1.54) is 0 Å². The van der Waals surface area contributed by atoms with Crippen LogP contribution in [0.25, 0.3) is 0 Å². The molecule has 0 saturated heterocycles. The van der Waals surface area contributed by atoms with E-state index in [0.717, 1.165) is 36.2 Å². The van der Waals surface area contributed by atoms with Crippen LogP contribution in [0.4, 0.5) is 0 Å². The molecular formula is C18H22N2O. The van der Waals surface area contributed by atoms with E-state index in [9.17, 15) is 4.79 Å². The van der Waals surface area contributed by atoms with Gasteiger partial charge in [0.2, 0.25) is 6.41 Å². The van der Waals surface area contributed by atoms with Crippen molar-refractivity contribution in [2.45, 2.75) is 19.9 Å². The van der Waals surface area contributed by atoms with Crippen LogP contribution in [0.15, 0.2) is 66.0 Å². The second kappa shape index (κ2) is 7.48. The first-order valence-electron chi connectivity index (χ1n) is 7.28. The maximum absolute atomic E-state index is 11.5. The maximum atomic E-state index is 11.5. The molecule has 0 unspecified atom stereocenters. The minimum absolute atomic E-state index is 0.606. The number of allylic oxidation sites excluding steroid dienone is 4. The topological polar surface area (TPSA) is 23.6 Å². The summed E-state index contributed by atoms with van der Waals surface area (Å²) in [6.07, 6.45) is 10.3. The van der Waals surface area contributed by atoms with Crippen LogP contribution >= 0.6 is 0 Å². The summed E-state index contributed by atoms with van der Waals surface area (Å²) in [7, 11) is 2.03. The zero-order valence-electron chi connectivity index (χ0n) is 12.7. The average Bonchev–Trinajstić information content (AvgIpc) is 2.51. The molecule has 0 radical (unpaired) electrons. The molecule has 0 N–H and O–H groups in total. The molecule has 0 spiro atoms. The zero-order chi connectivity index (χ0) is 15.1. The molecule has 3 nitrogen and oxygen atoms in total. The third kappa shape index (κ3) is 4.35. The number of nitrogens with zero attached hydrogens (tertiary/aromatic N) is 2. The summed E-state index contributed by atoms with van der Waals surface area (Å²) in [6, 6.07) is 10.1. The first-order chi connectivity index (χ1) is 10.2. The van der Waals surface area contributed by atoms with Crippen LogP contribution in [0, 0.1) is 0 Å². The summed E-state index contributed by atoms with van der Waals surface area (Å²) in [6.45, 7) is 3.46. The SMILES string of the molecule is CC/C=C/C1=CN(C)CC(N(C=O)Cc2ccccc2)=C1. The van der Waals surface area contributed by atoms with Crippen molar-refractivity contribution in [3.63, 3.8) is 0 Å². The molecule has 1 aromatic carbocycles. The van der Waals surface area contributed by atoms with Crippen molar-refractivity contribution in [3.8, 4) is 0 Å². The highest BCUT2D eigenvalue weighted by molar-refractivity contribution is 5.53. The molecule has 1 aromatic rings. The lowest BCUT2D eigenvalue weighted by molar-refractivity contribution is -0.117. The Labute approximate surface area is 126 Å². The fourth-order valence-electron chi connectivity index (χ4n) is 2.34. The van der Waals surface area contributed by atoms with Gasteiger partial charge in [-0.05, 0) is 23.6 Å². The molecule has 0 aliphatic carbocycles. The smallest absolute Gasteiger partial charge is 0.214 e. The number of hydrogen-bond acceptors (Lipinski definition) is 2. The molecule has 1 aliphatic heterocycles. The van der Waals surface area contributed by atoms with Gasteiger partial charge in [0.25, 0.3) is 0 Å². The van der Waals surface area contributed by atoms with Gasteiger partial charge < -0.3 is 9.80 Å². The van der Waals surface area contributed by atoms with E-state index in [2.05, 4.69) is 36.3 Å².